The van der Waals surface area contributed by atoms with Crippen LogP contribution < -0.4 is 10.9 Å². The van der Waals surface area contributed by atoms with Crippen LogP contribution in [0.3, 0.4) is 0 Å². The molecule has 130 valence electrons. The van der Waals surface area contributed by atoms with Crippen LogP contribution in [0.15, 0.2) is 40.5 Å². The molecule has 0 aliphatic rings. The van der Waals surface area contributed by atoms with E-state index in [0.717, 1.165) is 22.7 Å². The number of hydrogen-bond donors (Lipinski definition) is 2. The van der Waals surface area contributed by atoms with Crippen molar-refractivity contribution in [3.8, 4) is 10.6 Å². The first-order valence-corrected chi connectivity index (χ1v) is 9.02. The second-order valence-corrected chi connectivity index (χ2v) is 7.65. The van der Waals surface area contributed by atoms with E-state index in [-0.39, 0.29) is 11.0 Å². The molecule has 2 aromatic heterocycles. The number of thiazole rings is 1. The Morgan fingerprint density at radius 2 is 1.92 bits per heavy atom. The van der Waals surface area contributed by atoms with Crippen LogP contribution in [-0.2, 0) is 11.8 Å². The highest BCUT2D eigenvalue weighted by molar-refractivity contribution is 7.13. The van der Waals surface area contributed by atoms with Crippen LogP contribution in [0.4, 0.5) is 5.95 Å². The topological polar surface area (TPSA) is 83.6 Å². The maximum absolute atomic E-state index is 12.1. The first-order valence-electron chi connectivity index (χ1n) is 8.14. The number of nitrogens with zero attached hydrogens (tertiary/aromatic N) is 3. The minimum atomic E-state index is -0.326. The fourth-order valence-corrected chi connectivity index (χ4v) is 3.21. The third-order valence-corrected chi connectivity index (χ3v) is 4.59. The number of nitrogens with one attached hydrogen (secondary N) is 2. The molecule has 0 aliphatic carbocycles. The van der Waals surface area contributed by atoms with Gasteiger partial charge in [-0.3, -0.25) is 9.78 Å². The number of aromatic nitrogens is 4. The van der Waals surface area contributed by atoms with E-state index in [0.29, 0.717) is 18.2 Å². The highest BCUT2D eigenvalue weighted by Gasteiger charge is 2.20. The summed E-state index contributed by atoms with van der Waals surface area (Å²) in [6.07, 6.45) is 0.744. The molecule has 0 fully saturated rings. The number of benzene rings is 1. The van der Waals surface area contributed by atoms with Crippen molar-refractivity contribution >= 4 is 17.3 Å². The van der Waals surface area contributed by atoms with E-state index in [9.17, 15) is 4.79 Å². The summed E-state index contributed by atoms with van der Waals surface area (Å²) in [5, 5.41) is 14.3. The second kappa shape index (κ2) is 7.14. The Bertz CT molecular complexity index is 896. The molecule has 0 saturated carbocycles. The van der Waals surface area contributed by atoms with Crippen molar-refractivity contribution in [1.82, 2.24) is 20.2 Å². The van der Waals surface area contributed by atoms with E-state index in [2.05, 4.69) is 43.0 Å². The molecule has 0 aliphatic heterocycles. The normalized spacial score (nSPS) is 11.5. The van der Waals surface area contributed by atoms with E-state index in [1.165, 1.54) is 0 Å². The zero-order chi connectivity index (χ0) is 17.9. The van der Waals surface area contributed by atoms with Gasteiger partial charge in [0.25, 0.3) is 5.56 Å². The average Bonchev–Trinajstić information content (AvgIpc) is 3.03. The Morgan fingerprint density at radius 3 is 2.60 bits per heavy atom. The summed E-state index contributed by atoms with van der Waals surface area (Å²) >= 11 is 1.63. The van der Waals surface area contributed by atoms with Crippen LogP contribution in [0, 0.1) is 0 Å². The van der Waals surface area contributed by atoms with E-state index >= 15 is 0 Å². The minimum Gasteiger partial charge on any atom is -0.354 e. The lowest BCUT2D eigenvalue weighted by molar-refractivity contribution is 0.547. The molecular weight excluding hydrogens is 334 g/mol. The van der Waals surface area contributed by atoms with E-state index in [1.54, 1.807) is 11.3 Å². The number of H-pyrrole nitrogens is 1. The van der Waals surface area contributed by atoms with Gasteiger partial charge in [-0.15, -0.1) is 21.5 Å². The van der Waals surface area contributed by atoms with Gasteiger partial charge in [0, 0.05) is 29.3 Å². The summed E-state index contributed by atoms with van der Waals surface area (Å²) in [4.78, 5) is 19.5. The third kappa shape index (κ3) is 4.30. The molecule has 3 aromatic rings. The predicted octanol–water partition coefficient (Wildman–Crippen LogP) is 3.24. The van der Waals surface area contributed by atoms with E-state index < -0.39 is 0 Å². The van der Waals surface area contributed by atoms with Crippen molar-refractivity contribution < 1.29 is 0 Å². The van der Waals surface area contributed by atoms with Crippen LogP contribution in [0.5, 0.6) is 0 Å². The van der Waals surface area contributed by atoms with Crippen molar-refractivity contribution in [1.29, 1.82) is 0 Å². The summed E-state index contributed by atoms with van der Waals surface area (Å²) in [7, 11) is 0. The lowest BCUT2D eigenvalue weighted by Crippen LogP contribution is -2.28. The first kappa shape index (κ1) is 17.3. The standard InChI is InChI=1S/C18H21N5OS/c1-18(2,3)14-15(24)21-17(23-22-14)19-10-9-13-11-25-16(20-13)12-7-5-4-6-8-12/h4-8,11H,9-10H2,1-3H3,(H2,19,21,23,24). The Kier molecular flexibility index (Phi) is 4.94. The summed E-state index contributed by atoms with van der Waals surface area (Å²) in [6.45, 7) is 6.43. The van der Waals surface area contributed by atoms with Gasteiger partial charge in [0.05, 0.1) is 5.69 Å². The van der Waals surface area contributed by atoms with Crippen molar-refractivity contribution in [2.45, 2.75) is 32.6 Å². The number of rotatable bonds is 5. The molecule has 0 unspecified atom stereocenters. The lowest BCUT2D eigenvalue weighted by Gasteiger charge is -2.15. The Hall–Kier alpha value is -2.54. The molecule has 0 radical (unpaired) electrons. The van der Waals surface area contributed by atoms with E-state index in [4.69, 9.17) is 0 Å². The smallest absolute Gasteiger partial charge is 0.274 e. The van der Waals surface area contributed by atoms with Gasteiger partial charge in [0.15, 0.2) is 0 Å². The first-order chi connectivity index (χ1) is 11.9. The molecule has 1 aromatic carbocycles. The SMILES string of the molecule is CC(C)(C)c1nnc(NCCc2csc(-c3ccccc3)n2)[nH]c1=O. The van der Waals surface area contributed by atoms with Crippen molar-refractivity contribution in [2.24, 2.45) is 0 Å². The fourth-order valence-electron chi connectivity index (χ4n) is 2.35. The number of anilines is 1. The van der Waals surface area contributed by atoms with Gasteiger partial charge in [-0.2, -0.15) is 0 Å². The third-order valence-electron chi connectivity index (χ3n) is 3.65. The van der Waals surface area contributed by atoms with Gasteiger partial charge >= 0.3 is 0 Å². The largest absolute Gasteiger partial charge is 0.354 e. The van der Waals surface area contributed by atoms with Crippen LogP contribution in [0.2, 0.25) is 0 Å². The molecule has 3 rings (SSSR count). The summed E-state index contributed by atoms with van der Waals surface area (Å²) in [5.74, 6) is 0.386. The molecule has 0 spiro atoms. The summed E-state index contributed by atoms with van der Waals surface area (Å²) in [6, 6.07) is 10.1. The van der Waals surface area contributed by atoms with Crippen LogP contribution in [0.25, 0.3) is 10.6 Å². The zero-order valence-electron chi connectivity index (χ0n) is 14.5. The van der Waals surface area contributed by atoms with Gasteiger partial charge < -0.3 is 5.32 Å². The number of hydrogen-bond acceptors (Lipinski definition) is 6. The zero-order valence-corrected chi connectivity index (χ0v) is 15.4. The van der Waals surface area contributed by atoms with Gasteiger partial charge in [-0.25, -0.2) is 4.98 Å². The minimum absolute atomic E-state index is 0.204. The Morgan fingerprint density at radius 1 is 1.16 bits per heavy atom. The Balaban J connectivity index is 1.60. The summed E-state index contributed by atoms with van der Waals surface area (Å²) < 4.78 is 0. The maximum Gasteiger partial charge on any atom is 0.274 e. The quantitative estimate of drug-likeness (QED) is 0.734. The Labute approximate surface area is 150 Å². The molecule has 2 heterocycles. The molecule has 0 saturated heterocycles. The van der Waals surface area contributed by atoms with Crippen LogP contribution >= 0.6 is 11.3 Å². The molecule has 7 heteroatoms. The molecular formula is C18H21N5OS. The number of aromatic amines is 1. The fraction of sp³-hybridized carbons (Fsp3) is 0.333. The second-order valence-electron chi connectivity index (χ2n) is 6.79. The van der Waals surface area contributed by atoms with Gasteiger partial charge in [0.1, 0.15) is 10.7 Å². The van der Waals surface area contributed by atoms with Gasteiger partial charge in [-0.05, 0) is 0 Å². The summed E-state index contributed by atoms with van der Waals surface area (Å²) in [5.41, 5.74) is 2.04. The highest BCUT2D eigenvalue weighted by Crippen LogP contribution is 2.23. The maximum atomic E-state index is 12.1. The monoisotopic (exact) mass is 355 g/mol. The van der Waals surface area contributed by atoms with Gasteiger partial charge in [0.2, 0.25) is 5.95 Å². The molecule has 0 atom stereocenters. The van der Waals surface area contributed by atoms with Gasteiger partial charge in [-0.1, -0.05) is 51.1 Å². The molecule has 25 heavy (non-hydrogen) atoms. The van der Waals surface area contributed by atoms with Crippen LogP contribution in [-0.4, -0.2) is 26.7 Å². The average molecular weight is 355 g/mol. The predicted molar refractivity (Wildman–Crippen MR) is 101 cm³/mol. The van der Waals surface area contributed by atoms with Crippen molar-refractivity contribution in [3.63, 3.8) is 0 Å². The van der Waals surface area contributed by atoms with E-state index in [1.807, 2.05) is 39.0 Å². The van der Waals surface area contributed by atoms with Crippen LogP contribution in [0.1, 0.15) is 32.2 Å². The molecule has 6 nitrogen and oxygen atoms in total. The lowest BCUT2D eigenvalue weighted by atomic mass is 9.93. The van der Waals surface area contributed by atoms with Crippen molar-refractivity contribution in [3.05, 3.63) is 57.5 Å². The molecule has 2 N–H and O–H groups in total. The highest BCUT2D eigenvalue weighted by atomic mass is 32.1. The molecule has 0 bridgehead atoms. The molecule has 0 amide bonds. The van der Waals surface area contributed by atoms with Crippen molar-refractivity contribution in [2.75, 3.05) is 11.9 Å².